The number of benzene rings is 4. The maximum Gasteiger partial charge on any atom is 0.264 e. The lowest BCUT2D eigenvalue weighted by molar-refractivity contribution is -0.146. The third-order valence-electron chi connectivity index (χ3n) is 12.6. The Balaban J connectivity index is 1.07. The lowest BCUT2D eigenvalue weighted by atomic mass is 9.82. The van der Waals surface area contributed by atoms with Crippen LogP contribution in [0.25, 0.3) is 0 Å². The Morgan fingerprint density at radius 3 is 2.00 bits per heavy atom. The fraction of sp³-hybridized carbons (Fsp3) is 0.340. The summed E-state index contributed by atoms with van der Waals surface area (Å²) in [5, 5.41) is 30.2. The number of fused-ring (bicyclic) bond motifs is 2. The van der Waals surface area contributed by atoms with Gasteiger partial charge < -0.3 is 18.9 Å². The van der Waals surface area contributed by atoms with Crippen LogP contribution in [-0.4, -0.2) is 70.4 Å². The lowest BCUT2D eigenvalue weighted by Gasteiger charge is -2.31. The normalized spacial score (nSPS) is 22.7. The number of aliphatic hydroxyl groups is 1. The van der Waals surface area contributed by atoms with Crippen molar-refractivity contribution >= 4 is 54.6 Å². The molecule has 4 atom stereocenters. The van der Waals surface area contributed by atoms with E-state index in [2.05, 4.69) is 10.3 Å². The molecule has 1 aromatic heterocycles. The summed E-state index contributed by atoms with van der Waals surface area (Å²) >= 11 is 0. The molecule has 4 aliphatic heterocycles. The van der Waals surface area contributed by atoms with Crippen LogP contribution >= 0.6 is 0 Å². The minimum Gasteiger partial charge on any atom is -0.396 e. The Kier molecular flexibility index (Phi) is 11.0. The number of rotatable bonds is 12. The van der Waals surface area contributed by atoms with Crippen LogP contribution in [0.5, 0.6) is 0 Å². The first kappa shape index (κ1) is 41.2. The number of halogens is 1. The van der Waals surface area contributed by atoms with Crippen molar-refractivity contribution in [1.29, 1.82) is 0 Å². The van der Waals surface area contributed by atoms with Crippen molar-refractivity contribution in [2.45, 2.75) is 88.9 Å². The van der Waals surface area contributed by atoms with Crippen molar-refractivity contribution in [2.75, 3.05) is 21.5 Å². The van der Waals surface area contributed by atoms with Crippen LogP contribution in [0.2, 0.25) is 18.6 Å². The average molecular weight is 853 g/mol. The molecule has 0 aliphatic carbocycles. The van der Waals surface area contributed by atoms with E-state index in [4.69, 9.17) is 14.9 Å². The molecule has 0 unspecified atom stereocenters. The first-order valence-electron chi connectivity index (χ1n) is 21.3. The van der Waals surface area contributed by atoms with Gasteiger partial charge in [0.25, 0.3) is 5.91 Å². The van der Waals surface area contributed by atoms with E-state index < -0.39 is 31.6 Å². The maximum atomic E-state index is 16.7. The molecule has 5 aromatic rings. The second-order valence-electron chi connectivity index (χ2n) is 17.0. The van der Waals surface area contributed by atoms with Gasteiger partial charge in [-0.2, -0.15) is 10.2 Å². The Morgan fingerprint density at radius 1 is 0.806 bits per heavy atom. The summed E-state index contributed by atoms with van der Waals surface area (Å²) < 4.78 is 25.5. The van der Waals surface area contributed by atoms with Gasteiger partial charge in [-0.15, -0.1) is 5.10 Å². The number of anilines is 3. The minimum atomic E-state index is -3.50. The molecule has 0 saturated carbocycles. The molecule has 3 amide bonds. The first-order valence-corrected chi connectivity index (χ1v) is 24.2. The Morgan fingerprint density at radius 2 is 1.40 bits per heavy atom. The SMILES string of the molecule is C[C@@H]1[C@@H]([Si](C)(C)F)[C@H](CCn2cc(CCO)nn2)O[C@@]12C(=O)N(Cc1ccc(N3N=C(c4ccccc4)CCC3=O)cc1)c1ccc(N3N=C(c4ccccc4)CCC3=O)cc12. The molecule has 15 heteroatoms. The number of aryl methyl sites for hydroxylation is 1. The first-order chi connectivity index (χ1) is 29.9. The minimum absolute atomic E-state index is 0.0531. The molecule has 0 radical (unpaired) electrons. The number of carbonyl (C=O) groups excluding carboxylic acids is 3. The zero-order valence-electron chi connectivity index (χ0n) is 35.0. The van der Waals surface area contributed by atoms with Crippen LogP contribution in [0.3, 0.4) is 0 Å². The lowest BCUT2D eigenvalue weighted by Crippen LogP contribution is -2.45. The van der Waals surface area contributed by atoms with Gasteiger partial charge in [-0.1, -0.05) is 84.9 Å². The van der Waals surface area contributed by atoms with Crippen molar-refractivity contribution in [2.24, 2.45) is 16.1 Å². The average Bonchev–Trinajstić information content (AvgIpc) is 3.93. The molecule has 4 aromatic carbocycles. The second-order valence-corrected chi connectivity index (χ2v) is 20.8. The van der Waals surface area contributed by atoms with E-state index in [1.54, 1.807) is 34.9 Å². The molecule has 4 aliphatic rings. The molecular formula is C47H49FN8O5Si. The number of hydrogen-bond donors (Lipinski definition) is 1. The summed E-state index contributed by atoms with van der Waals surface area (Å²) in [6.07, 6.45) is 3.53. The molecule has 1 saturated heterocycles. The topological polar surface area (TPSA) is 146 Å². The van der Waals surface area contributed by atoms with Crippen LogP contribution in [0, 0.1) is 5.92 Å². The van der Waals surface area contributed by atoms with Gasteiger partial charge in [0, 0.05) is 68.5 Å². The number of nitrogens with zero attached hydrogens (tertiary/aromatic N) is 8. The van der Waals surface area contributed by atoms with E-state index in [9.17, 15) is 14.7 Å². The van der Waals surface area contributed by atoms with Crippen LogP contribution in [-0.2, 0) is 44.2 Å². The van der Waals surface area contributed by atoms with E-state index in [1.807, 2.05) is 104 Å². The maximum absolute atomic E-state index is 16.7. The van der Waals surface area contributed by atoms with Crippen LogP contribution < -0.4 is 14.9 Å². The van der Waals surface area contributed by atoms with Gasteiger partial charge in [0.15, 0.2) is 5.60 Å². The zero-order chi connectivity index (χ0) is 43.2. The molecule has 13 nitrogen and oxygen atoms in total. The van der Waals surface area contributed by atoms with Gasteiger partial charge in [0.1, 0.15) is 0 Å². The largest absolute Gasteiger partial charge is 0.396 e. The summed E-state index contributed by atoms with van der Waals surface area (Å²) in [4.78, 5) is 43.7. The number of hydrazone groups is 2. The van der Waals surface area contributed by atoms with Gasteiger partial charge in [-0.05, 0) is 66.5 Å². The van der Waals surface area contributed by atoms with E-state index in [-0.39, 0.29) is 37.3 Å². The highest BCUT2D eigenvalue weighted by Gasteiger charge is 2.66. The highest BCUT2D eigenvalue weighted by Crippen LogP contribution is 2.61. The van der Waals surface area contributed by atoms with Gasteiger partial charge >= 0.3 is 0 Å². The third-order valence-corrected chi connectivity index (χ3v) is 15.0. The van der Waals surface area contributed by atoms with Gasteiger partial charge in [-0.3, -0.25) is 19.1 Å². The van der Waals surface area contributed by atoms with Crippen molar-refractivity contribution in [3.63, 3.8) is 0 Å². The molecule has 1 N–H and O–H groups in total. The zero-order valence-corrected chi connectivity index (χ0v) is 36.0. The van der Waals surface area contributed by atoms with Crippen LogP contribution in [0.15, 0.2) is 120 Å². The van der Waals surface area contributed by atoms with Crippen LogP contribution in [0.4, 0.5) is 21.2 Å². The summed E-state index contributed by atoms with van der Waals surface area (Å²) in [7, 11) is -3.50. The fourth-order valence-electron chi connectivity index (χ4n) is 9.64. The molecule has 318 valence electrons. The number of hydrogen-bond acceptors (Lipinski definition) is 9. The monoisotopic (exact) mass is 852 g/mol. The highest BCUT2D eigenvalue weighted by atomic mass is 28.4. The highest BCUT2D eigenvalue weighted by molar-refractivity contribution is 6.72. The molecule has 1 spiro atoms. The Labute approximate surface area is 360 Å². The molecule has 5 heterocycles. The molecular weight excluding hydrogens is 804 g/mol. The second kappa shape index (κ2) is 16.6. The number of aliphatic hydroxyl groups excluding tert-OH is 1. The van der Waals surface area contributed by atoms with Crippen molar-refractivity contribution in [1.82, 2.24) is 15.0 Å². The van der Waals surface area contributed by atoms with E-state index in [1.165, 1.54) is 10.0 Å². The quantitative estimate of drug-likeness (QED) is 0.103. The van der Waals surface area contributed by atoms with Gasteiger partial charge in [-0.25, -0.2) is 10.0 Å². The number of aromatic nitrogens is 3. The number of carbonyl (C=O) groups is 3. The predicted molar refractivity (Wildman–Crippen MR) is 237 cm³/mol. The molecule has 62 heavy (non-hydrogen) atoms. The predicted octanol–water partition coefficient (Wildman–Crippen LogP) is 7.29. The van der Waals surface area contributed by atoms with Gasteiger partial charge in [0.2, 0.25) is 20.2 Å². The molecule has 0 bridgehead atoms. The Bertz CT molecular complexity index is 2560. The van der Waals surface area contributed by atoms with E-state index >= 15 is 8.90 Å². The summed E-state index contributed by atoms with van der Waals surface area (Å²) in [5.41, 5.74) is 5.12. The smallest absolute Gasteiger partial charge is 0.264 e. The van der Waals surface area contributed by atoms with E-state index in [0.29, 0.717) is 67.0 Å². The van der Waals surface area contributed by atoms with Crippen molar-refractivity contribution in [3.05, 3.63) is 137 Å². The fourth-order valence-corrected chi connectivity index (χ4v) is 12.2. The summed E-state index contributed by atoms with van der Waals surface area (Å²) in [6.45, 7) is 5.74. The number of amides is 3. The third kappa shape index (κ3) is 7.58. The summed E-state index contributed by atoms with van der Waals surface area (Å²) in [5.74, 6) is -1.15. The molecule has 9 rings (SSSR count). The molecule has 1 fully saturated rings. The number of ether oxygens (including phenoxy) is 1. The van der Waals surface area contributed by atoms with Crippen molar-refractivity contribution in [3.8, 4) is 0 Å². The Hall–Kier alpha value is -6.16. The van der Waals surface area contributed by atoms with Gasteiger partial charge in [0.05, 0.1) is 46.8 Å². The van der Waals surface area contributed by atoms with Crippen LogP contribution in [0.1, 0.15) is 67.0 Å². The van der Waals surface area contributed by atoms with Crippen molar-refractivity contribution < 1.29 is 28.3 Å². The van der Waals surface area contributed by atoms with E-state index in [0.717, 1.165) is 28.1 Å². The summed E-state index contributed by atoms with van der Waals surface area (Å²) in [6, 6.07) is 32.5. The standard InChI is InChI=1S/C47H49FN8O5Si/c1-31-45(62(2,3)48)42(24-26-53-30-35(25-27-57)49-52-53)61-47(31)38-28-37(56-44(59)23-20-40(51-56)34-12-8-5-9-13-34)18-21-41(38)54(46(47)60)29-32-14-16-36(17-15-32)55-43(58)22-19-39(50-55)33-10-6-4-7-11-33/h4-18,21,28,30-31,42,45,57H,19-20,22-27,29H2,1-3H3/t31-,42+,45-,47+/m1/s1.